The van der Waals surface area contributed by atoms with Crippen molar-refractivity contribution in [3.05, 3.63) is 58.7 Å². The fourth-order valence-electron chi connectivity index (χ4n) is 6.21. The lowest BCUT2D eigenvalue weighted by molar-refractivity contribution is -0.154. The van der Waals surface area contributed by atoms with Crippen molar-refractivity contribution in [3.8, 4) is 5.75 Å². The van der Waals surface area contributed by atoms with E-state index in [4.69, 9.17) is 9.47 Å². The molecule has 0 aromatic heterocycles. The number of hydrogen-bond donors (Lipinski definition) is 1. The number of fused-ring (bicyclic) bond motifs is 4. The first kappa shape index (κ1) is 19.6. The number of benzene rings is 1. The minimum absolute atomic E-state index is 0.0266. The predicted octanol–water partition coefficient (Wildman–Crippen LogP) is 4.46. The molecular weight excluding hydrogens is 374 g/mol. The summed E-state index contributed by atoms with van der Waals surface area (Å²) in [6.45, 7) is 7.25. The molecule has 1 aromatic carbocycles. The maximum Gasteiger partial charge on any atom is 0.309 e. The van der Waals surface area contributed by atoms with E-state index in [1.54, 1.807) is 7.11 Å². The van der Waals surface area contributed by atoms with Crippen LogP contribution in [0.5, 0.6) is 5.75 Å². The number of hydrogen-bond acceptors (Lipinski definition) is 4. The molecule has 1 saturated heterocycles. The number of nitrogens with one attached hydrogen (secondary N) is 1. The standard InChI is InChI=1S/C26H31NO3/c1-15-14-26(2,3)27-20-11-10-18-23-16(7-5-9-21(23)29-4)13-19(24(18)22(15)20)17-8-6-12-30-25(17)28/h5,7,9-11,14,17,19-20,22,27H,6,8,12-13H2,1-4H3. The first-order valence-corrected chi connectivity index (χ1v) is 11.1. The largest absolute Gasteiger partial charge is 0.496 e. The van der Waals surface area contributed by atoms with Crippen molar-refractivity contribution in [2.45, 2.75) is 51.6 Å². The van der Waals surface area contributed by atoms with Crippen molar-refractivity contribution in [1.29, 1.82) is 0 Å². The summed E-state index contributed by atoms with van der Waals surface area (Å²) < 4.78 is 11.3. The van der Waals surface area contributed by atoms with E-state index in [0.717, 1.165) is 25.0 Å². The molecule has 4 unspecified atom stereocenters. The highest BCUT2D eigenvalue weighted by molar-refractivity contribution is 5.87. The zero-order chi connectivity index (χ0) is 21.0. The Balaban J connectivity index is 1.71. The van der Waals surface area contributed by atoms with Crippen LogP contribution in [0.2, 0.25) is 0 Å². The van der Waals surface area contributed by atoms with Crippen LogP contribution in [0.4, 0.5) is 0 Å². The molecule has 158 valence electrons. The van der Waals surface area contributed by atoms with Crippen LogP contribution in [0.15, 0.2) is 47.6 Å². The Morgan fingerprint density at radius 3 is 2.83 bits per heavy atom. The molecule has 0 spiro atoms. The lowest BCUT2D eigenvalue weighted by Gasteiger charge is -2.47. The normalized spacial score (nSPS) is 31.9. The van der Waals surface area contributed by atoms with Crippen molar-refractivity contribution in [2.75, 3.05) is 13.7 Å². The Bertz CT molecular complexity index is 984. The van der Waals surface area contributed by atoms with Gasteiger partial charge in [0.15, 0.2) is 0 Å². The van der Waals surface area contributed by atoms with Gasteiger partial charge in [0.1, 0.15) is 5.75 Å². The van der Waals surface area contributed by atoms with E-state index in [0.29, 0.717) is 6.61 Å². The first-order chi connectivity index (χ1) is 14.4. The Kier molecular flexibility index (Phi) is 4.66. The van der Waals surface area contributed by atoms with Gasteiger partial charge in [-0.2, -0.15) is 0 Å². The molecule has 30 heavy (non-hydrogen) atoms. The first-order valence-electron chi connectivity index (χ1n) is 11.1. The summed E-state index contributed by atoms with van der Waals surface area (Å²) in [6.07, 6.45) is 9.64. The van der Waals surface area contributed by atoms with Crippen LogP contribution < -0.4 is 10.1 Å². The zero-order valence-corrected chi connectivity index (χ0v) is 18.3. The monoisotopic (exact) mass is 405 g/mol. The summed E-state index contributed by atoms with van der Waals surface area (Å²) in [7, 11) is 1.74. The molecule has 0 amide bonds. The fraction of sp³-hybridized carbons (Fsp3) is 0.500. The number of carbonyl (C=O) groups is 1. The van der Waals surface area contributed by atoms with Crippen LogP contribution in [-0.2, 0) is 16.0 Å². The molecule has 4 nitrogen and oxygen atoms in total. The summed E-state index contributed by atoms with van der Waals surface area (Å²) in [5.74, 6) is 1.24. The third-order valence-electron chi connectivity index (χ3n) is 7.23. The highest BCUT2D eigenvalue weighted by Gasteiger charge is 2.46. The van der Waals surface area contributed by atoms with Gasteiger partial charge in [0, 0.05) is 23.1 Å². The smallest absolute Gasteiger partial charge is 0.309 e. The Morgan fingerprint density at radius 1 is 1.23 bits per heavy atom. The molecule has 5 rings (SSSR count). The summed E-state index contributed by atoms with van der Waals surface area (Å²) in [6, 6.07) is 6.53. The van der Waals surface area contributed by atoms with E-state index < -0.39 is 0 Å². The molecular formula is C26H31NO3. The summed E-state index contributed by atoms with van der Waals surface area (Å²) in [5.41, 5.74) is 6.44. The minimum Gasteiger partial charge on any atom is -0.496 e. The number of carbonyl (C=O) groups excluding carboxylic acids is 1. The molecule has 4 atom stereocenters. The second-order valence-electron chi connectivity index (χ2n) is 9.71. The van der Waals surface area contributed by atoms with E-state index in [9.17, 15) is 4.79 Å². The molecule has 0 radical (unpaired) electrons. The van der Waals surface area contributed by atoms with E-state index in [1.165, 1.54) is 27.8 Å². The molecule has 1 aromatic rings. The van der Waals surface area contributed by atoms with Crippen LogP contribution >= 0.6 is 0 Å². The van der Waals surface area contributed by atoms with Crippen molar-refractivity contribution < 1.29 is 14.3 Å². The van der Waals surface area contributed by atoms with E-state index >= 15 is 0 Å². The van der Waals surface area contributed by atoms with Gasteiger partial charge in [-0.1, -0.05) is 35.9 Å². The maximum atomic E-state index is 12.8. The zero-order valence-electron chi connectivity index (χ0n) is 18.3. The van der Waals surface area contributed by atoms with E-state index in [-0.39, 0.29) is 35.3 Å². The molecule has 1 fully saturated rings. The molecule has 2 aliphatic carbocycles. The Hall–Kier alpha value is -2.33. The summed E-state index contributed by atoms with van der Waals surface area (Å²) in [4.78, 5) is 12.8. The number of methoxy groups -OCH3 is 1. The topological polar surface area (TPSA) is 47.6 Å². The van der Waals surface area contributed by atoms with Crippen molar-refractivity contribution >= 4 is 11.5 Å². The van der Waals surface area contributed by atoms with Gasteiger partial charge in [0.25, 0.3) is 0 Å². The highest BCUT2D eigenvalue weighted by Crippen LogP contribution is 2.52. The highest BCUT2D eigenvalue weighted by atomic mass is 16.5. The average Bonchev–Trinajstić information content (AvgIpc) is 2.71. The van der Waals surface area contributed by atoms with Crippen LogP contribution in [-0.4, -0.2) is 31.3 Å². The number of ether oxygens (including phenoxy) is 2. The molecule has 0 saturated carbocycles. The van der Waals surface area contributed by atoms with Gasteiger partial charge in [0.05, 0.1) is 19.6 Å². The summed E-state index contributed by atoms with van der Waals surface area (Å²) in [5, 5.41) is 3.80. The van der Waals surface area contributed by atoms with E-state index in [2.05, 4.69) is 56.4 Å². The SMILES string of the molecule is COc1cccc2c1C1=C(C(C3CCCOC3=O)C2)C2C(C)=CC(C)(C)NC2C=C1. The molecule has 1 N–H and O–H groups in total. The Morgan fingerprint density at radius 2 is 2.07 bits per heavy atom. The van der Waals surface area contributed by atoms with Crippen molar-refractivity contribution in [1.82, 2.24) is 5.32 Å². The van der Waals surface area contributed by atoms with Crippen LogP contribution in [0.1, 0.15) is 44.7 Å². The Labute approximate surface area is 179 Å². The van der Waals surface area contributed by atoms with Crippen LogP contribution in [0.3, 0.4) is 0 Å². The number of cyclic esters (lactones) is 1. The minimum atomic E-state index is -0.0713. The third-order valence-corrected chi connectivity index (χ3v) is 7.23. The van der Waals surface area contributed by atoms with Gasteiger partial charge >= 0.3 is 5.97 Å². The lowest BCUT2D eigenvalue weighted by Crippen LogP contribution is -2.53. The summed E-state index contributed by atoms with van der Waals surface area (Å²) >= 11 is 0. The second kappa shape index (κ2) is 7.12. The molecule has 2 heterocycles. The van der Waals surface area contributed by atoms with Gasteiger partial charge < -0.3 is 14.8 Å². The van der Waals surface area contributed by atoms with Crippen molar-refractivity contribution in [2.24, 2.45) is 17.8 Å². The van der Waals surface area contributed by atoms with E-state index in [1.807, 2.05) is 6.07 Å². The number of esters is 1. The average molecular weight is 406 g/mol. The van der Waals surface area contributed by atoms with Gasteiger partial charge in [-0.15, -0.1) is 0 Å². The van der Waals surface area contributed by atoms with Crippen LogP contribution in [0, 0.1) is 17.8 Å². The van der Waals surface area contributed by atoms with Gasteiger partial charge in [-0.3, -0.25) is 4.79 Å². The van der Waals surface area contributed by atoms with Crippen molar-refractivity contribution in [3.63, 3.8) is 0 Å². The second-order valence-corrected chi connectivity index (χ2v) is 9.71. The lowest BCUT2D eigenvalue weighted by atomic mass is 9.62. The number of allylic oxidation sites excluding steroid dienone is 2. The predicted molar refractivity (Wildman–Crippen MR) is 118 cm³/mol. The molecule has 4 heteroatoms. The maximum absolute atomic E-state index is 12.8. The molecule has 2 aliphatic heterocycles. The fourth-order valence-corrected chi connectivity index (χ4v) is 6.21. The molecule has 0 bridgehead atoms. The van der Waals surface area contributed by atoms with Crippen LogP contribution in [0.25, 0.3) is 5.57 Å². The van der Waals surface area contributed by atoms with Gasteiger partial charge in [-0.25, -0.2) is 0 Å². The van der Waals surface area contributed by atoms with Gasteiger partial charge in [0.2, 0.25) is 0 Å². The third kappa shape index (κ3) is 3.04. The molecule has 4 aliphatic rings. The van der Waals surface area contributed by atoms with Gasteiger partial charge in [-0.05, 0) is 68.7 Å². The quantitative estimate of drug-likeness (QED) is 0.583. The number of rotatable bonds is 2.